The molecule has 0 saturated heterocycles. The van der Waals surface area contributed by atoms with E-state index < -0.39 is 44.2 Å². The van der Waals surface area contributed by atoms with Gasteiger partial charge in [0.2, 0.25) is 0 Å². The molecule has 0 bridgehead atoms. The van der Waals surface area contributed by atoms with Crippen LogP contribution in [0.5, 0.6) is 0 Å². The summed E-state index contributed by atoms with van der Waals surface area (Å²) in [6, 6.07) is -0.782. The Morgan fingerprint density at radius 1 is 0.733 bits per heavy atom. The Morgan fingerprint density at radius 2 is 1.27 bits per heavy atom. The van der Waals surface area contributed by atoms with Gasteiger partial charge in [-0.15, -0.1) is 0 Å². The monoisotopic (exact) mass is 225 g/mol. The molecule has 0 spiro atoms. The fraction of sp³-hybridized carbons (Fsp3) is 1.00. The summed E-state index contributed by atoms with van der Waals surface area (Å²) in [5, 5.41) is 55.8. The molecule has 7 nitrogen and oxygen atoms in total. The summed E-state index contributed by atoms with van der Waals surface area (Å²) in [6.45, 7) is -1.61. The van der Waals surface area contributed by atoms with Crippen LogP contribution >= 0.6 is 0 Å². The predicted molar refractivity (Wildman–Crippen MR) is 51.1 cm³/mol. The van der Waals surface area contributed by atoms with Crippen molar-refractivity contribution in [3.05, 3.63) is 0 Å². The largest absolute Gasteiger partial charge is 0.395 e. The van der Waals surface area contributed by atoms with E-state index in [0.29, 0.717) is 0 Å². The number of aliphatic hydroxyl groups excluding tert-OH is 6. The van der Waals surface area contributed by atoms with E-state index in [1.807, 2.05) is 0 Å². The van der Waals surface area contributed by atoms with Crippen molar-refractivity contribution in [2.75, 3.05) is 26.4 Å². The topological polar surface area (TPSA) is 133 Å². The van der Waals surface area contributed by atoms with Crippen molar-refractivity contribution >= 4 is 0 Å². The SMILES string of the molecule is OCC(O)C(O)CNC(CO)C(O)CO. The highest BCUT2D eigenvalue weighted by molar-refractivity contribution is 4.77. The van der Waals surface area contributed by atoms with E-state index in [2.05, 4.69) is 5.32 Å². The van der Waals surface area contributed by atoms with Crippen molar-refractivity contribution in [1.82, 2.24) is 5.32 Å². The second kappa shape index (κ2) is 7.94. The van der Waals surface area contributed by atoms with Crippen molar-refractivity contribution in [3.63, 3.8) is 0 Å². The molecule has 0 aliphatic rings. The second-order valence-electron chi connectivity index (χ2n) is 3.26. The lowest BCUT2D eigenvalue weighted by Gasteiger charge is -2.23. The molecule has 4 atom stereocenters. The van der Waals surface area contributed by atoms with Gasteiger partial charge in [-0.2, -0.15) is 0 Å². The molecule has 7 heteroatoms. The Labute approximate surface area is 87.6 Å². The van der Waals surface area contributed by atoms with Crippen molar-refractivity contribution in [3.8, 4) is 0 Å². The van der Waals surface area contributed by atoms with Crippen LogP contribution in [0.15, 0.2) is 0 Å². The zero-order valence-corrected chi connectivity index (χ0v) is 8.32. The van der Waals surface area contributed by atoms with Gasteiger partial charge in [0.15, 0.2) is 0 Å². The molecule has 0 amide bonds. The van der Waals surface area contributed by atoms with Crippen LogP contribution in [0.2, 0.25) is 0 Å². The molecule has 15 heavy (non-hydrogen) atoms. The van der Waals surface area contributed by atoms with Crippen molar-refractivity contribution in [2.45, 2.75) is 24.4 Å². The summed E-state index contributed by atoms with van der Waals surface area (Å²) >= 11 is 0. The highest BCUT2D eigenvalue weighted by Crippen LogP contribution is 1.95. The van der Waals surface area contributed by atoms with Crippen molar-refractivity contribution < 1.29 is 30.6 Å². The lowest BCUT2D eigenvalue weighted by atomic mass is 10.1. The molecule has 7 N–H and O–H groups in total. The molecule has 0 heterocycles. The Morgan fingerprint density at radius 3 is 1.67 bits per heavy atom. The predicted octanol–water partition coefficient (Wildman–Crippen LogP) is -4.00. The van der Waals surface area contributed by atoms with E-state index >= 15 is 0 Å². The first kappa shape index (κ1) is 14.7. The third kappa shape index (κ3) is 5.38. The fourth-order valence-electron chi connectivity index (χ4n) is 0.979. The van der Waals surface area contributed by atoms with E-state index in [1.54, 1.807) is 0 Å². The molecule has 0 aromatic rings. The maximum Gasteiger partial charge on any atom is 0.104 e. The highest BCUT2D eigenvalue weighted by atomic mass is 16.4. The molecular formula is C8H19NO6. The van der Waals surface area contributed by atoms with Crippen LogP contribution < -0.4 is 5.32 Å². The molecule has 0 aliphatic carbocycles. The first-order chi connectivity index (χ1) is 7.06. The zero-order valence-electron chi connectivity index (χ0n) is 8.32. The van der Waals surface area contributed by atoms with Crippen LogP contribution in [-0.2, 0) is 0 Å². The van der Waals surface area contributed by atoms with E-state index in [4.69, 9.17) is 25.5 Å². The molecule has 4 unspecified atom stereocenters. The molecule has 0 aromatic heterocycles. The minimum atomic E-state index is -1.27. The van der Waals surface area contributed by atoms with E-state index in [9.17, 15) is 5.11 Å². The van der Waals surface area contributed by atoms with Crippen molar-refractivity contribution in [1.29, 1.82) is 0 Å². The summed E-state index contributed by atoms with van der Waals surface area (Å²) in [5.41, 5.74) is 0. The standard InChI is InChI=1S/C8H19NO6/c10-2-5(7(14)3-11)9-1-6(13)8(15)4-12/h5-15H,1-4H2. The van der Waals surface area contributed by atoms with E-state index in [0.717, 1.165) is 0 Å². The second-order valence-corrected chi connectivity index (χ2v) is 3.26. The maximum absolute atomic E-state index is 9.22. The van der Waals surface area contributed by atoms with Crippen LogP contribution in [0.4, 0.5) is 0 Å². The Bertz CT molecular complexity index is 158. The zero-order chi connectivity index (χ0) is 11.8. The molecule has 0 rings (SSSR count). The van der Waals surface area contributed by atoms with Gasteiger partial charge in [0, 0.05) is 6.54 Å². The van der Waals surface area contributed by atoms with Gasteiger partial charge in [0.25, 0.3) is 0 Å². The smallest absolute Gasteiger partial charge is 0.104 e. The Balaban J connectivity index is 3.89. The van der Waals surface area contributed by atoms with Crippen LogP contribution in [0.25, 0.3) is 0 Å². The van der Waals surface area contributed by atoms with Gasteiger partial charge in [0.05, 0.1) is 38.1 Å². The first-order valence-corrected chi connectivity index (χ1v) is 4.67. The minimum Gasteiger partial charge on any atom is -0.395 e. The van der Waals surface area contributed by atoms with Crippen LogP contribution in [-0.4, -0.2) is 81.4 Å². The highest BCUT2D eigenvalue weighted by Gasteiger charge is 2.20. The van der Waals surface area contributed by atoms with Crippen LogP contribution in [0, 0.1) is 0 Å². The lowest BCUT2D eigenvalue weighted by molar-refractivity contribution is -0.0206. The molecular weight excluding hydrogens is 206 g/mol. The average Bonchev–Trinajstić information content (AvgIpc) is 2.27. The summed E-state index contributed by atoms with van der Waals surface area (Å²) in [7, 11) is 0. The lowest BCUT2D eigenvalue weighted by Crippen LogP contribution is -2.49. The average molecular weight is 225 g/mol. The molecule has 0 saturated carbocycles. The van der Waals surface area contributed by atoms with Crippen molar-refractivity contribution in [2.24, 2.45) is 0 Å². The van der Waals surface area contributed by atoms with E-state index in [-0.39, 0.29) is 6.54 Å². The molecule has 0 radical (unpaired) electrons. The molecule has 0 fully saturated rings. The normalized spacial score (nSPS) is 19.6. The quantitative estimate of drug-likeness (QED) is 0.224. The van der Waals surface area contributed by atoms with Gasteiger partial charge in [-0.1, -0.05) is 0 Å². The van der Waals surface area contributed by atoms with Gasteiger partial charge < -0.3 is 36.0 Å². The third-order valence-corrected chi connectivity index (χ3v) is 2.07. The van der Waals surface area contributed by atoms with Crippen LogP contribution in [0.1, 0.15) is 0 Å². The van der Waals surface area contributed by atoms with Gasteiger partial charge in [-0.05, 0) is 0 Å². The number of nitrogens with one attached hydrogen (secondary N) is 1. The Kier molecular flexibility index (Phi) is 7.79. The summed E-state index contributed by atoms with van der Waals surface area (Å²) in [5.74, 6) is 0. The van der Waals surface area contributed by atoms with Gasteiger partial charge in [-0.3, -0.25) is 0 Å². The third-order valence-electron chi connectivity index (χ3n) is 2.07. The number of hydrogen-bond donors (Lipinski definition) is 7. The molecule has 0 aliphatic heterocycles. The maximum atomic E-state index is 9.22. The van der Waals surface area contributed by atoms with Gasteiger partial charge >= 0.3 is 0 Å². The molecule has 0 aromatic carbocycles. The van der Waals surface area contributed by atoms with Crippen LogP contribution in [0.3, 0.4) is 0 Å². The van der Waals surface area contributed by atoms with E-state index in [1.165, 1.54) is 0 Å². The number of rotatable bonds is 8. The van der Waals surface area contributed by atoms with Gasteiger partial charge in [0.1, 0.15) is 6.10 Å². The number of hydrogen-bond acceptors (Lipinski definition) is 7. The molecule has 92 valence electrons. The summed E-state index contributed by atoms with van der Waals surface area (Å²) in [6.07, 6.45) is -3.62. The summed E-state index contributed by atoms with van der Waals surface area (Å²) in [4.78, 5) is 0. The Hall–Kier alpha value is -0.280. The summed E-state index contributed by atoms with van der Waals surface area (Å²) < 4.78 is 0. The van der Waals surface area contributed by atoms with Gasteiger partial charge in [-0.25, -0.2) is 0 Å². The minimum absolute atomic E-state index is 0.107. The number of aliphatic hydroxyl groups is 6. The first-order valence-electron chi connectivity index (χ1n) is 4.67. The fourth-order valence-corrected chi connectivity index (χ4v) is 0.979.